The lowest BCUT2D eigenvalue weighted by atomic mass is 9.97. The van der Waals surface area contributed by atoms with Crippen molar-refractivity contribution in [3.05, 3.63) is 29.6 Å². The highest BCUT2D eigenvalue weighted by atomic mass is 19.1. The predicted molar refractivity (Wildman–Crippen MR) is 77.1 cm³/mol. The fourth-order valence-corrected chi connectivity index (χ4v) is 1.84. The molecule has 1 unspecified atom stereocenters. The molecule has 1 aromatic carbocycles. The lowest BCUT2D eigenvalue weighted by molar-refractivity contribution is -0.124. The van der Waals surface area contributed by atoms with E-state index in [4.69, 9.17) is 10.5 Å². The quantitative estimate of drug-likeness (QED) is 0.768. The third kappa shape index (κ3) is 4.49. The summed E-state index contributed by atoms with van der Waals surface area (Å²) in [5.41, 5.74) is 5.38. The van der Waals surface area contributed by atoms with Crippen LogP contribution in [0.1, 0.15) is 32.3 Å². The summed E-state index contributed by atoms with van der Waals surface area (Å²) in [4.78, 5) is 11.5. The highest BCUT2D eigenvalue weighted by Gasteiger charge is 2.29. The second-order valence-corrected chi connectivity index (χ2v) is 5.13. The van der Waals surface area contributed by atoms with Gasteiger partial charge in [0.1, 0.15) is 11.6 Å². The van der Waals surface area contributed by atoms with Gasteiger partial charge in [-0.25, -0.2) is 4.39 Å². The molecule has 4 nitrogen and oxygen atoms in total. The Kier molecular flexibility index (Phi) is 5.95. The zero-order valence-corrected chi connectivity index (χ0v) is 12.3. The topological polar surface area (TPSA) is 64.3 Å². The number of halogens is 1. The summed E-state index contributed by atoms with van der Waals surface area (Å²) in [5, 5.41) is 3.14. The molecule has 20 heavy (non-hydrogen) atoms. The van der Waals surface area contributed by atoms with Crippen LogP contribution >= 0.6 is 0 Å². The van der Waals surface area contributed by atoms with Crippen molar-refractivity contribution in [1.29, 1.82) is 0 Å². The molecule has 0 radical (unpaired) electrons. The molecule has 0 aliphatic heterocycles. The Balaban J connectivity index is 2.58. The monoisotopic (exact) mass is 282 g/mol. The number of nitrogens with two attached hydrogens (primary N) is 1. The van der Waals surface area contributed by atoms with E-state index in [-0.39, 0.29) is 5.82 Å². The van der Waals surface area contributed by atoms with Gasteiger partial charge in [-0.1, -0.05) is 6.92 Å². The first kappa shape index (κ1) is 16.4. The Bertz CT molecular complexity index is 465. The second-order valence-electron chi connectivity index (χ2n) is 5.13. The molecule has 0 heterocycles. The number of amides is 1. The van der Waals surface area contributed by atoms with Crippen molar-refractivity contribution in [1.82, 2.24) is 5.32 Å². The van der Waals surface area contributed by atoms with E-state index in [1.54, 1.807) is 19.9 Å². The highest BCUT2D eigenvalue weighted by molar-refractivity contribution is 5.84. The lowest BCUT2D eigenvalue weighted by Gasteiger charge is -2.27. The molecule has 1 atom stereocenters. The van der Waals surface area contributed by atoms with Crippen molar-refractivity contribution in [3.63, 3.8) is 0 Å². The Morgan fingerprint density at radius 3 is 2.75 bits per heavy atom. The van der Waals surface area contributed by atoms with Crippen LogP contribution in [0, 0.1) is 12.7 Å². The summed E-state index contributed by atoms with van der Waals surface area (Å²) >= 11 is 0. The molecule has 0 saturated carbocycles. The van der Waals surface area contributed by atoms with Gasteiger partial charge in [0.15, 0.2) is 0 Å². The number of hydrogen-bond acceptors (Lipinski definition) is 3. The van der Waals surface area contributed by atoms with Crippen LogP contribution in [0.4, 0.5) is 4.39 Å². The van der Waals surface area contributed by atoms with Gasteiger partial charge in [-0.3, -0.25) is 4.79 Å². The summed E-state index contributed by atoms with van der Waals surface area (Å²) in [5.74, 6) is -0.0690. The summed E-state index contributed by atoms with van der Waals surface area (Å²) < 4.78 is 18.6. The molecule has 0 aliphatic carbocycles. The number of nitrogens with one attached hydrogen (secondary N) is 1. The third-order valence-electron chi connectivity index (χ3n) is 3.31. The van der Waals surface area contributed by atoms with Gasteiger partial charge in [0, 0.05) is 6.42 Å². The number of primary amides is 1. The zero-order valence-electron chi connectivity index (χ0n) is 12.3. The van der Waals surface area contributed by atoms with Crippen molar-refractivity contribution >= 4 is 5.91 Å². The Morgan fingerprint density at radius 1 is 1.50 bits per heavy atom. The molecule has 3 N–H and O–H groups in total. The van der Waals surface area contributed by atoms with Gasteiger partial charge in [0.05, 0.1) is 12.1 Å². The van der Waals surface area contributed by atoms with Gasteiger partial charge in [-0.15, -0.1) is 0 Å². The first-order chi connectivity index (χ1) is 9.39. The second kappa shape index (κ2) is 7.24. The van der Waals surface area contributed by atoms with Crippen molar-refractivity contribution in [2.24, 2.45) is 5.73 Å². The van der Waals surface area contributed by atoms with Gasteiger partial charge in [-0.05, 0) is 50.6 Å². The van der Waals surface area contributed by atoms with Crippen LogP contribution in [0.2, 0.25) is 0 Å². The standard InChI is InChI=1S/C15H23FN2O2/c1-4-8-18-15(3,14(17)19)7-9-20-13-6-5-12(16)10-11(13)2/h5-6,10,18H,4,7-9H2,1-3H3,(H2,17,19). The predicted octanol–water partition coefficient (Wildman–Crippen LogP) is 2.15. The fourth-order valence-electron chi connectivity index (χ4n) is 1.84. The van der Waals surface area contributed by atoms with E-state index in [0.29, 0.717) is 18.8 Å². The van der Waals surface area contributed by atoms with E-state index in [0.717, 1.165) is 18.5 Å². The molecule has 0 aliphatic rings. The summed E-state index contributed by atoms with van der Waals surface area (Å²) in [6.07, 6.45) is 1.37. The van der Waals surface area contributed by atoms with Crippen LogP contribution in [0.15, 0.2) is 18.2 Å². The molecule has 1 amide bonds. The molecule has 0 fully saturated rings. The fraction of sp³-hybridized carbons (Fsp3) is 0.533. The van der Waals surface area contributed by atoms with Crippen molar-refractivity contribution < 1.29 is 13.9 Å². The van der Waals surface area contributed by atoms with Crippen LogP contribution in [0.5, 0.6) is 5.75 Å². The number of rotatable bonds is 8. The van der Waals surface area contributed by atoms with Crippen LogP contribution in [-0.2, 0) is 4.79 Å². The molecular formula is C15H23FN2O2. The Labute approximate surface area is 119 Å². The van der Waals surface area contributed by atoms with E-state index >= 15 is 0 Å². The van der Waals surface area contributed by atoms with E-state index < -0.39 is 11.4 Å². The maximum Gasteiger partial charge on any atom is 0.237 e. The molecule has 0 bridgehead atoms. The minimum Gasteiger partial charge on any atom is -0.493 e. The minimum atomic E-state index is -0.788. The summed E-state index contributed by atoms with van der Waals surface area (Å²) in [6, 6.07) is 4.36. The van der Waals surface area contributed by atoms with Gasteiger partial charge < -0.3 is 15.8 Å². The van der Waals surface area contributed by atoms with Gasteiger partial charge in [0.2, 0.25) is 5.91 Å². The largest absolute Gasteiger partial charge is 0.493 e. The average molecular weight is 282 g/mol. The number of carbonyl (C=O) groups is 1. The number of hydrogen-bond donors (Lipinski definition) is 2. The molecule has 0 aromatic heterocycles. The minimum absolute atomic E-state index is 0.290. The van der Waals surface area contributed by atoms with E-state index in [1.165, 1.54) is 12.1 Å². The maximum atomic E-state index is 13.0. The van der Waals surface area contributed by atoms with E-state index in [9.17, 15) is 9.18 Å². The first-order valence-corrected chi connectivity index (χ1v) is 6.83. The van der Waals surface area contributed by atoms with Crippen LogP contribution in [-0.4, -0.2) is 24.6 Å². The number of carbonyl (C=O) groups excluding carboxylic acids is 1. The smallest absolute Gasteiger partial charge is 0.237 e. The van der Waals surface area contributed by atoms with Crippen LogP contribution in [0.25, 0.3) is 0 Å². The molecule has 5 heteroatoms. The van der Waals surface area contributed by atoms with Crippen LogP contribution < -0.4 is 15.8 Å². The first-order valence-electron chi connectivity index (χ1n) is 6.83. The molecule has 0 spiro atoms. The Hall–Kier alpha value is -1.62. The molecule has 1 rings (SSSR count). The van der Waals surface area contributed by atoms with Gasteiger partial charge in [-0.2, -0.15) is 0 Å². The average Bonchev–Trinajstić information content (AvgIpc) is 2.38. The summed E-state index contributed by atoms with van der Waals surface area (Å²) in [6.45, 7) is 6.62. The zero-order chi connectivity index (χ0) is 15.2. The van der Waals surface area contributed by atoms with E-state index in [2.05, 4.69) is 5.32 Å². The van der Waals surface area contributed by atoms with Crippen molar-refractivity contribution in [3.8, 4) is 5.75 Å². The number of aryl methyl sites for hydroxylation is 1. The normalized spacial score (nSPS) is 13.8. The third-order valence-corrected chi connectivity index (χ3v) is 3.31. The Morgan fingerprint density at radius 2 is 2.20 bits per heavy atom. The molecule has 1 aromatic rings. The summed E-state index contributed by atoms with van der Waals surface area (Å²) in [7, 11) is 0. The van der Waals surface area contributed by atoms with Gasteiger partial charge in [0.25, 0.3) is 0 Å². The molecule has 0 saturated heterocycles. The van der Waals surface area contributed by atoms with E-state index in [1.807, 2.05) is 6.92 Å². The number of ether oxygens (including phenoxy) is 1. The van der Waals surface area contributed by atoms with Crippen molar-refractivity contribution in [2.75, 3.05) is 13.2 Å². The van der Waals surface area contributed by atoms with Gasteiger partial charge >= 0.3 is 0 Å². The maximum absolute atomic E-state index is 13.0. The SMILES string of the molecule is CCCNC(C)(CCOc1ccc(F)cc1C)C(N)=O. The molecule has 112 valence electrons. The van der Waals surface area contributed by atoms with Crippen LogP contribution in [0.3, 0.4) is 0 Å². The highest BCUT2D eigenvalue weighted by Crippen LogP contribution is 2.19. The number of benzene rings is 1. The molecular weight excluding hydrogens is 259 g/mol. The van der Waals surface area contributed by atoms with Crippen molar-refractivity contribution in [2.45, 2.75) is 39.2 Å². The lowest BCUT2D eigenvalue weighted by Crippen LogP contribution is -2.54.